The van der Waals surface area contributed by atoms with Crippen LogP contribution in [0, 0.1) is 5.82 Å². The molecule has 0 spiro atoms. The van der Waals surface area contributed by atoms with E-state index in [0.29, 0.717) is 0 Å². The molecule has 1 atom stereocenters. The molecule has 3 N–H and O–H groups in total. The molecule has 1 aliphatic heterocycles. The zero-order valence-electron chi connectivity index (χ0n) is 16.5. The first-order valence-corrected chi connectivity index (χ1v) is 10.5. The van der Waals surface area contributed by atoms with Crippen LogP contribution in [0.25, 0.3) is 0 Å². The highest BCUT2D eigenvalue weighted by molar-refractivity contribution is 7.89. The number of carbonyl (C=O) groups excluding carboxylic acids is 1. The van der Waals surface area contributed by atoms with Gasteiger partial charge in [0.05, 0.1) is 12.3 Å². The standard InChI is InChI=1S/C18H20F4N4O4S/c1-23-14-7-11(3-4-13(14)19)24-16(27)15-8-12(9-26(15)2)31(28,29)25-17(18(20,21)22)5-6-30-10-17/h3-4,7-9,23,25H,5-6,10H2,1-2H3,(H,24,27). The molecule has 1 aliphatic rings. The number of anilines is 2. The zero-order valence-corrected chi connectivity index (χ0v) is 17.3. The summed E-state index contributed by atoms with van der Waals surface area (Å²) in [6.45, 7) is -1.08. The summed E-state index contributed by atoms with van der Waals surface area (Å²) < 4.78 is 87.0. The number of ether oxygens (including phenoxy) is 1. The lowest BCUT2D eigenvalue weighted by Crippen LogP contribution is -2.59. The molecule has 31 heavy (non-hydrogen) atoms. The van der Waals surface area contributed by atoms with E-state index < -0.39 is 51.4 Å². The Morgan fingerprint density at radius 2 is 1.97 bits per heavy atom. The lowest BCUT2D eigenvalue weighted by Gasteiger charge is -2.30. The zero-order chi connectivity index (χ0) is 23.0. The SMILES string of the molecule is CNc1cc(NC(=O)c2cc(S(=O)(=O)NC3(C(F)(F)F)CCOC3)cn2C)ccc1F. The van der Waals surface area contributed by atoms with Crippen molar-refractivity contribution < 1.29 is 35.5 Å². The average Bonchev–Trinajstić information content (AvgIpc) is 3.30. The van der Waals surface area contributed by atoms with Crippen molar-refractivity contribution in [2.75, 3.05) is 30.9 Å². The van der Waals surface area contributed by atoms with Crippen LogP contribution in [0.5, 0.6) is 0 Å². The van der Waals surface area contributed by atoms with E-state index >= 15 is 0 Å². The van der Waals surface area contributed by atoms with Crippen molar-refractivity contribution in [1.29, 1.82) is 0 Å². The fourth-order valence-electron chi connectivity index (χ4n) is 3.14. The van der Waals surface area contributed by atoms with E-state index in [1.807, 2.05) is 0 Å². The summed E-state index contributed by atoms with van der Waals surface area (Å²) in [6, 6.07) is 4.73. The van der Waals surface area contributed by atoms with E-state index in [9.17, 15) is 30.8 Å². The number of benzene rings is 1. The van der Waals surface area contributed by atoms with Crippen molar-refractivity contribution in [3.63, 3.8) is 0 Å². The first-order chi connectivity index (χ1) is 14.4. The number of amides is 1. The van der Waals surface area contributed by atoms with Crippen LogP contribution in [-0.2, 0) is 21.8 Å². The van der Waals surface area contributed by atoms with Gasteiger partial charge in [-0.15, -0.1) is 0 Å². The van der Waals surface area contributed by atoms with Crippen LogP contribution < -0.4 is 15.4 Å². The molecule has 0 aliphatic carbocycles. The number of halogens is 4. The minimum atomic E-state index is -4.86. The van der Waals surface area contributed by atoms with Crippen molar-refractivity contribution in [2.45, 2.75) is 23.0 Å². The van der Waals surface area contributed by atoms with Crippen LogP contribution in [0.3, 0.4) is 0 Å². The van der Waals surface area contributed by atoms with Gasteiger partial charge in [-0.05, 0) is 24.3 Å². The van der Waals surface area contributed by atoms with Crippen LogP contribution in [0.1, 0.15) is 16.9 Å². The van der Waals surface area contributed by atoms with Gasteiger partial charge >= 0.3 is 6.18 Å². The predicted octanol–water partition coefficient (Wildman–Crippen LogP) is 2.46. The number of aryl methyl sites for hydroxylation is 1. The number of sulfonamides is 1. The maximum Gasteiger partial charge on any atom is 0.409 e. The second-order valence-electron chi connectivity index (χ2n) is 7.06. The number of nitrogens with one attached hydrogen (secondary N) is 3. The summed E-state index contributed by atoms with van der Waals surface area (Å²) in [5.41, 5.74) is -2.49. The predicted molar refractivity (Wildman–Crippen MR) is 104 cm³/mol. The third-order valence-corrected chi connectivity index (χ3v) is 6.41. The summed E-state index contributed by atoms with van der Waals surface area (Å²) >= 11 is 0. The van der Waals surface area contributed by atoms with Gasteiger partial charge in [0.2, 0.25) is 10.0 Å². The van der Waals surface area contributed by atoms with Gasteiger partial charge < -0.3 is 19.9 Å². The monoisotopic (exact) mass is 464 g/mol. The molecule has 8 nitrogen and oxygen atoms in total. The van der Waals surface area contributed by atoms with Gasteiger partial charge in [0.1, 0.15) is 16.4 Å². The van der Waals surface area contributed by atoms with E-state index in [0.717, 1.165) is 22.9 Å². The topological polar surface area (TPSA) is 101 Å². The molecule has 170 valence electrons. The molecule has 0 bridgehead atoms. The van der Waals surface area contributed by atoms with Crippen LogP contribution in [0.15, 0.2) is 35.4 Å². The minimum absolute atomic E-state index is 0.126. The number of aromatic nitrogens is 1. The number of nitrogens with zero attached hydrogens (tertiary/aromatic N) is 1. The highest BCUT2D eigenvalue weighted by atomic mass is 32.2. The Morgan fingerprint density at radius 1 is 1.26 bits per heavy atom. The van der Waals surface area contributed by atoms with E-state index in [-0.39, 0.29) is 23.7 Å². The molecule has 1 fully saturated rings. The summed E-state index contributed by atoms with van der Waals surface area (Å²) in [5.74, 6) is -1.26. The molecule has 1 saturated heterocycles. The number of hydrogen-bond acceptors (Lipinski definition) is 5. The fourth-order valence-corrected chi connectivity index (χ4v) is 4.61. The van der Waals surface area contributed by atoms with Crippen molar-refractivity contribution in [2.24, 2.45) is 7.05 Å². The molecule has 2 aromatic rings. The van der Waals surface area contributed by atoms with E-state index in [1.165, 1.54) is 26.2 Å². The largest absolute Gasteiger partial charge is 0.409 e. The third-order valence-electron chi connectivity index (χ3n) is 4.91. The van der Waals surface area contributed by atoms with Crippen LogP contribution >= 0.6 is 0 Å². The third kappa shape index (κ3) is 4.52. The molecule has 1 aromatic heterocycles. The molecule has 2 heterocycles. The molecular weight excluding hydrogens is 444 g/mol. The van der Waals surface area contributed by atoms with Gasteiger partial charge in [-0.1, -0.05) is 0 Å². The minimum Gasteiger partial charge on any atom is -0.386 e. The summed E-state index contributed by atoms with van der Waals surface area (Å²) in [6.07, 6.45) is -4.39. The highest BCUT2D eigenvalue weighted by Gasteiger charge is 2.59. The maximum absolute atomic E-state index is 13.6. The molecular formula is C18H20F4N4O4S. The molecule has 3 rings (SSSR count). The Kier molecular flexibility index (Phi) is 6.04. The Bertz CT molecular complexity index is 1090. The van der Waals surface area contributed by atoms with Crippen molar-refractivity contribution in [3.8, 4) is 0 Å². The lowest BCUT2D eigenvalue weighted by atomic mass is 10.0. The Balaban J connectivity index is 1.85. The average molecular weight is 464 g/mol. The van der Waals surface area contributed by atoms with Gasteiger partial charge in [0, 0.05) is 39.0 Å². The van der Waals surface area contributed by atoms with Crippen molar-refractivity contribution in [1.82, 2.24) is 9.29 Å². The van der Waals surface area contributed by atoms with Gasteiger partial charge in [0.25, 0.3) is 5.91 Å². The van der Waals surface area contributed by atoms with E-state index in [4.69, 9.17) is 4.74 Å². The molecule has 13 heteroatoms. The second-order valence-corrected chi connectivity index (χ2v) is 8.74. The molecule has 1 unspecified atom stereocenters. The van der Waals surface area contributed by atoms with E-state index in [1.54, 1.807) is 4.72 Å². The van der Waals surface area contributed by atoms with Crippen LogP contribution in [0.2, 0.25) is 0 Å². The second kappa shape index (κ2) is 8.13. The quantitative estimate of drug-likeness (QED) is 0.571. The number of rotatable bonds is 6. The molecule has 0 radical (unpaired) electrons. The molecule has 1 aromatic carbocycles. The maximum atomic E-state index is 13.6. The fraction of sp³-hybridized carbons (Fsp3) is 0.389. The van der Waals surface area contributed by atoms with Crippen LogP contribution in [-0.4, -0.2) is 50.9 Å². The first kappa shape index (κ1) is 23.0. The van der Waals surface area contributed by atoms with Crippen molar-refractivity contribution in [3.05, 3.63) is 42.0 Å². The summed E-state index contributed by atoms with van der Waals surface area (Å²) in [7, 11) is -1.75. The molecule has 1 amide bonds. The smallest absolute Gasteiger partial charge is 0.386 e. The summed E-state index contributed by atoms with van der Waals surface area (Å²) in [4.78, 5) is 12.1. The normalized spacial score (nSPS) is 19.4. The Hall–Kier alpha value is -2.64. The van der Waals surface area contributed by atoms with Crippen molar-refractivity contribution >= 4 is 27.3 Å². The lowest BCUT2D eigenvalue weighted by molar-refractivity contribution is -0.189. The van der Waals surface area contributed by atoms with E-state index in [2.05, 4.69) is 10.6 Å². The van der Waals surface area contributed by atoms with Gasteiger partial charge in [-0.3, -0.25) is 4.79 Å². The number of hydrogen-bond donors (Lipinski definition) is 3. The highest BCUT2D eigenvalue weighted by Crippen LogP contribution is 2.38. The number of carbonyl (C=O) groups is 1. The Morgan fingerprint density at radius 3 is 2.55 bits per heavy atom. The van der Waals surface area contributed by atoms with Gasteiger partial charge in [-0.25, -0.2) is 12.8 Å². The van der Waals surface area contributed by atoms with Gasteiger partial charge in [-0.2, -0.15) is 17.9 Å². The first-order valence-electron chi connectivity index (χ1n) is 9.02. The Labute approximate surface area is 175 Å². The summed E-state index contributed by atoms with van der Waals surface area (Å²) in [5, 5.41) is 5.10. The molecule has 0 saturated carbocycles. The van der Waals surface area contributed by atoms with Crippen LogP contribution in [0.4, 0.5) is 28.9 Å². The number of alkyl halides is 3. The van der Waals surface area contributed by atoms with Gasteiger partial charge in [0.15, 0.2) is 5.54 Å².